The number of aromatic amines is 1. The third kappa shape index (κ3) is 3.80. The Morgan fingerprint density at radius 3 is 2.85 bits per heavy atom. The number of hydrogen-bond donors (Lipinski definition) is 2. The molecular formula is C20H20N4OS. The van der Waals surface area contributed by atoms with Gasteiger partial charge in [0.1, 0.15) is 6.33 Å². The molecule has 1 atom stereocenters. The van der Waals surface area contributed by atoms with Crippen LogP contribution in [0.15, 0.2) is 60.0 Å². The molecule has 1 amide bonds. The first-order chi connectivity index (χ1) is 12.8. The number of hydrogen-bond acceptors (Lipinski definition) is 4. The van der Waals surface area contributed by atoms with Crippen LogP contribution >= 0.6 is 11.8 Å². The van der Waals surface area contributed by atoms with Gasteiger partial charge in [0, 0.05) is 11.3 Å². The molecule has 0 bridgehead atoms. The quantitative estimate of drug-likeness (QED) is 0.674. The smallest absolute Gasteiger partial charge is 0.251 e. The molecule has 2 aromatic carbocycles. The van der Waals surface area contributed by atoms with Crippen molar-refractivity contribution in [3.63, 3.8) is 0 Å². The largest absolute Gasteiger partial charge is 0.345 e. The van der Waals surface area contributed by atoms with E-state index in [1.165, 1.54) is 17.5 Å². The number of fused-ring (bicyclic) bond motifs is 1. The second-order valence-electron chi connectivity index (χ2n) is 6.39. The highest BCUT2D eigenvalue weighted by Gasteiger charge is 2.21. The Bertz CT molecular complexity index is 877. The third-order valence-corrected chi connectivity index (χ3v) is 5.61. The van der Waals surface area contributed by atoms with Crippen molar-refractivity contribution in [1.82, 2.24) is 20.5 Å². The van der Waals surface area contributed by atoms with Crippen LogP contribution in [0.25, 0.3) is 0 Å². The van der Waals surface area contributed by atoms with Crippen molar-refractivity contribution in [2.45, 2.75) is 36.2 Å². The van der Waals surface area contributed by atoms with Crippen LogP contribution in [-0.2, 0) is 12.2 Å². The summed E-state index contributed by atoms with van der Waals surface area (Å²) >= 11 is 1.59. The van der Waals surface area contributed by atoms with Gasteiger partial charge in [-0.1, -0.05) is 48.2 Å². The molecule has 4 rings (SSSR count). The maximum atomic E-state index is 12.6. The predicted molar refractivity (Wildman–Crippen MR) is 102 cm³/mol. The van der Waals surface area contributed by atoms with Crippen LogP contribution < -0.4 is 5.32 Å². The first kappa shape index (κ1) is 16.8. The van der Waals surface area contributed by atoms with Crippen LogP contribution in [0, 0.1) is 0 Å². The molecule has 132 valence electrons. The van der Waals surface area contributed by atoms with Gasteiger partial charge in [0.05, 0.1) is 6.04 Å². The lowest BCUT2D eigenvalue weighted by Gasteiger charge is -2.26. The van der Waals surface area contributed by atoms with E-state index in [1.807, 2.05) is 30.3 Å². The van der Waals surface area contributed by atoms with E-state index in [-0.39, 0.29) is 11.9 Å². The molecule has 1 heterocycles. The number of thioether (sulfide) groups is 1. The zero-order valence-electron chi connectivity index (χ0n) is 14.3. The van der Waals surface area contributed by atoms with E-state index >= 15 is 0 Å². The molecule has 1 aromatic heterocycles. The minimum Gasteiger partial charge on any atom is -0.345 e. The summed E-state index contributed by atoms with van der Waals surface area (Å²) in [7, 11) is 0. The number of aryl methyl sites for hydroxylation is 1. The summed E-state index contributed by atoms with van der Waals surface area (Å²) in [5.41, 5.74) is 4.45. The number of aromatic nitrogens is 3. The second-order valence-corrected chi connectivity index (χ2v) is 7.36. The fraction of sp³-hybridized carbons (Fsp3) is 0.250. The van der Waals surface area contributed by atoms with E-state index in [4.69, 9.17) is 0 Å². The number of benzene rings is 2. The Balaban J connectivity index is 1.39. The predicted octanol–water partition coefficient (Wildman–Crippen LogP) is 3.90. The molecule has 6 heteroatoms. The highest BCUT2D eigenvalue weighted by Crippen LogP contribution is 2.29. The molecule has 26 heavy (non-hydrogen) atoms. The molecule has 1 unspecified atom stereocenters. The maximum Gasteiger partial charge on any atom is 0.251 e. The maximum absolute atomic E-state index is 12.6. The molecule has 0 fully saturated rings. The average Bonchev–Trinajstić information content (AvgIpc) is 3.21. The Morgan fingerprint density at radius 1 is 1.19 bits per heavy atom. The first-order valence-corrected chi connectivity index (χ1v) is 9.74. The second kappa shape index (κ2) is 7.74. The van der Waals surface area contributed by atoms with Gasteiger partial charge in [-0.2, -0.15) is 5.10 Å². The number of amides is 1. The Kier molecular flexibility index (Phi) is 5.02. The minimum absolute atomic E-state index is 0.0128. The summed E-state index contributed by atoms with van der Waals surface area (Å²) in [6.45, 7) is 0. The van der Waals surface area contributed by atoms with Crippen molar-refractivity contribution in [2.75, 3.05) is 0 Å². The number of rotatable bonds is 5. The van der Waals surface area contributed by atoms with Gasteiger partial charge < -0.3 is 5.32 Å². The molecule has 3 aromatic rings. The van der Waals surface area contributed by atoms with Crippen LogP contribution in [0.1, 0.15) is 45.9 Å². The van der Waals surface area contributed by atoms with E-state index in [1.54, 1.807) is 11.8 Å². The zero-order valence-corrected chi connectivity index (χ0v) is 15.1. The molecule has 0 saturated heterocycles. The van der Waals surface area contributed by atoms with E-state index in [0.717, 1.165) is 35.7 Å². The lowest BCUT2D eigenvalue weighted by molar-refractivity contribution is 0.0933. The lowest BCUT2D eigenvalue weighted by atomic mass is 9.87. The fourth-order valence-electron chi connectivity index (χ4n) is 3.31. The summed E-state index contributed by atoms with van der Waals surface area (Å²) in [5.74, 6) is 0.772. The molecule has 0 aliphatic heterocycles. The summed E-state index contributed by atoms with van der Waals surface area (Å²) in [6, 6.07) is 16.3. The Morgan fingerprint density at radius 2 is 2.04 bits per heavy atom. The fourth-order valence-corrected chi connectivity index (χ4v) is 4.05. The molecule has 0 spiro atoms. The molecule has 1 aliphatic rings. The van der Waals surface area contributed by atoms with Gasteiger partial charge in [-0.05, 0) is 48.1 Å². The van der Waals surface area contributed by atoms with Crippen LogP contribution in [0.5, 0.6) is 0 Å². The highest BCUT2D eigenvalue weighted by molar-refractivity contribution is 7.98. The summed E-state index contributed by atoms with van der Waals surface area (Å²) < 4.78 is 0. The van der Waals surface area contributed by atoms with Gasteiger partial charge in [0.15, 0.2) is 5.16 Å². The van der Waals surface area contributed by atoms with E-state index in [2.05, 4.69) is 38.7 Å². The lowest BCUT2D eigenvalue weighted by Crippen LogP contribution is -2.30. The molecule has 5 nitrogen and oxygen atoms in total. The number of nitrogens with one attached hydrogen (secondary N) is 2. The van der Waals surface area contributed by atoms with Crippen molar-refractivity contribution < 1.29 is 4.79 Å². The topological polar surface area (TPSA) is 70.7 Å². The number of nitrogens with zero attached hydrogens (tertiary/aromatic N) is 2. The number of H-pyrrole nitrogens is 1. The van der Waals surface area contributed by atoms with Crippen molar-refractivity contribution in [1.29, 1.82) is 0 Å². The molecular weight excluding hydrogens is 344 g/mol. The van der Waals surface area contributed by atoms with E-state index in [0.29, 0.717) is 5.56 Å². The van der Waals surface area contributed by atoms with Gasteiger partial charge >= 0.3 is 0 Å². The average molecular weight is 364 g/mol. The normalized spacial score (nSPS) is 16.1. The molecule has 2 N–H and O–H groups in total. The number of carbonyl (C=O) groups excluding carboxylic acids is 1. The van der Waals surface area contributed by atoms with Gasteiger partial charge in [0.2, 0.25) is 0 Å². The van der Waals surface area contributed by atoms with Crippen LogP contribution in [-0.4, -0.2) is 21.1 Å². The summed E-state index contributed by atoms with van der Waals surface area (Å²) in [4.78, 5) is 16.7. The van der Waals surface area contributed by atoms with Crippen molar-refractivity contribution >= 4 is 17.7 Å². The molecule has 0 saturated carbocycles. The van der Waals surface area contributed by atoms with Crippen LogP contribution in [0.4, 0.5) is 0 Å². The SMILES string of the molecule is O=C(NC1CCCc2ccccc21)c1ccc(CSc2ncn[nH]2)cc1. The Labute approximate surface area is 156 Å². The highest BCUT2D eigenvalue weighted by atomic mass is 32.2. The Hall–Kier alpha value is -2.60. The van der Waals surface area contributed by atoms with Crippen molar-refractivity contribution in [3.8, 4) is 0 Å². The standard InChI is InChI=1S/C20H20N4OS/c25-19(23-18-7-3-5-15-4-1-2-6-17(15)18)16-10-8-14(9-11-16)12-26-20-21-13-22-24-20/h1-2,4,6,8-11,13,18H,3,5,7,12H2,(H,23,25)(H,21,22,24). The monoisotopic (exact) mass is 364 g/mol. The van der Waals surface area contributed by atoms with Crippen LogP contribution in [0.2, 0.25) is 0 Å². The molecule has 0 radical (unpaired) electrons. The summed E-state index contributed by atoms with van der Waals surface area (Å²) in [6.07, 6.45) is 4.70. The van der Waals surface area contributed by atoms with Crippen molar-refractivity contribution in [2.24, 2.45) is 0 Å². The van der Waals surface area contributed by atoms with E-state index in [9.17, 15) is 4.79 Å². The van der Waals surface area contributed by atoms with Gasteiger partial charge in [-0.3, -0.25) is 9.89 Å². The number of carbonyl (C=O) groups is 1. The molecule has 1 aliphatic carbocycles. The van der Waals surface area contributed by atoms with Crippen LogP contribution in [0.3, 0.4) is 0 Å². The van der Waals surface area contributed by atoms with Gasteiger partial charge in [0.25, 0.3) is 5.91 Å². The zero-order chi connectivity index (χ0) is 17.8. The van der Waals surface area contributed by atoms with Gasteiger partial charge in [-0.25, -0.2) is 4.98 Å². The van der Waals surface area contributed by atoms with Gasteiger partial charge in [-0.15, -0.1) is 0 Å². The summed E-state index contributed by atoms with van der Waals surface area (Å²) in [5, 5.41) is 10.7. The first-order valence-electron chi connectivity index (χ1n) is 8.75. The third-order valence-electron chi connectivity index (χ3n) is 4.66. The minimum atomic E-state index is -0.0128. The van der Waals surface area contributed by atoms with Crippen molar-refractivity contribution in [3.05, 3.63) is 77.1 Å². The van der Waals surface area contributed by atoms with E-state index < -0.39 is 0 Å².